The summed E-state index contributed by atoms with van der Waals surface area (Å²) in [5.41, 5.74) is -0.806. The molecule has 0 bridgehead atoms. The van der Waals surface area contributed by atoms with Gasteiger partial charge in [0.2, 0.25) is 0 Å². The molecule has 0 unspecified atom stereocenters. The number of carbonyl (C=O) groups is 1. The van der Waals surface area contributed by atoms with Crippen molar-refractivity contribution in [3.63, 3.8) is 0 Å². The number of carboxylic acids is 1. The molecule has 32 heavy (non-hydrogen) atoms. The third-order valence-corrected chi connectivity index (χ3v) is 7.91. The van der Waals surface area contributed by atoms with E-state index in [1.54, 1.807) is 25.1 Å². The van der Waals surface area contributed by atoms with Crippen molar-refractivity contribution in [2.24, 2.45) is 5.41 Å². The molecule has 2 fully saturated rings. The predicted molar refractivity (Wildman–Crippen MR) is 119 cm³/mol. The third kappa shape index (κ3) is 3.71. The molecule has 0 aromatic heterocycles. The van der Waals surface area contributed by atoms with E-state index in [1.807, 2.05) is 0 Å². The van der Waals surface area contributed by atoms with Crippen molar-refractivity contribution in [1.82, 2.24) is 5.32 Å². The van der Waals surface area contributed by atoms with Gasteiger partial charge in [-0.1, -0.05) is 55.2 Å². The van der Waals surface area contributed by atoms with Gasteiger partial charge in [0.25, 0.3) is 0 Å². The average molecular weight is 484 g/mol. The highest BCUT2D eigenvalue weighted by Crippen LogP contribution is 2.53. The first-order valence-corrected chi connectivity index (χ1v) is 11.3. The topological polar surface area (TPSA) is 58.6 Å². The van der Waals surface area contributed by atoms with Crippen LogP contribution in [0.15, 0.2) is 36.4 Å². The van der Waals surface area contributed by atoms with Gasteiger partial charge in [-0.15, -0.1) is 0 Å². The molecule has 2 aliphatic heterocycles. The SMILES string of the molecule is CCC1(C[C@@H]2N[C@@H](C(=O)O)[C@H](c3cccc(Cl)c3F)[C@@]2(C)c2ccc(Cl)cc2F)COC1. The van der Waals surface area contributed by atoms with Crippen LogP contribution in [0.5, 0.6) is 0 Å². The summed E-state index contributed by atoms with van der Waals surface area (Å²) in [6.07, 6.45) is 1.39. The lowest BCUT2D eigenvalue weighted by atomic mass is 9.62. The standard InChI is InChI=1S/C24H25Cl2F2NO3/c1-3-24(11-32-12-24)10-18-23(2,15-8-7-13(25)9-17(15)27)19(21(29-18)22(30)31)14-5-4-6-16(26)20(14)28/h4-9,18-19,21,29H,3,10-12H2,1-2H3,(H,30,31)/t18-,19-,21+,23-/m0/s1. The molecule has 2 aromatic rings. The minimum absolute atomic E-state index is 0.105. The molecule has 0 amide bonds. The lowest BCUT2D eigenvalue weighted by molar-refractivity contribution is -0.139. The molecule has 4 rings (SSSR count). The molecule has 4 nitrogen and oxygen atoms in total. The van der Waals surface area contributed by atoms with Gasteiger partial charge in [0, 0.05) is 27.8 Å². The molecule has 0 saturated carbocycles. The minimum atomic E-state index is -1.14. The molecule has 8 heteroatoms. The van der Waals surface area contributed by atoms with Gasteiger partial charge in [-0.2, -0.15) is 0 Å². The van der Waals surface area contributed by atoms with Crippen molar-refractivity contribution in [1.29, 1.82) is 0 Å². The van der Waals surface area contributed by atoms with Crippen LogP contribution in [0.25, 0.3) is 0 Å². The van der Waals surface area contributed by atoms with Crippen molar-refractivity contribution >= 4 is 29.2 Å². The van der Waals surface area contributed by atoms with E-state index in [0.29, 0.717) is 25.2 Å². The summed E-state index contributed by atoms with van der Waals surface area (Å²) in [5.74, 6) is -3.28. The Hall–Kier alpha value is -1.73. The fraction of sp³-hybridized carbons (Fsp3) is 0.458. The highest BCUT2D eigenvalue weighted by molar-refractivity contribution is 6.31. The molecule has 0 radical (unpaired) electrons. The summed E-state index contributed by atoms with van der Waals surface area (Å²) in [5, 5.41) is 13.4. The monoisotopic (exact) mass is 483 g/mol. The fourth-order valence-corrected chi connectivity index (χ4v) is 5.71. The van der Waals surface area contributed by atoms with Crippen LogP contribution in [-0.4, -0.2) is 36.4 Å². The number of ether oxygens (including phenoxy) is 1. The Morgan fingerprint density at radius 3 is 2.53 bits per heavy atom. The molecule has 0 aliphatic carbocycles. The first-order valence-electron chi connectivity index (χ1n) is 10.6. The summed E-state index contributed by atoms with van der Waals surface area (Å²) < 4.78 is 36.0. The van der Waals surface area contributed by atoms with Gasteiger partial charge >= 0.3 is 5.97 Å². The Balaban J connectivity index is 1.93. The van der Waals surface area contributed by atoms with Gasteiger partial charge in [0.05, 0.1) is 18.2 Å². The summed E-state index contributed by atoms with van der Waals surface area (Å²) in [4.78, 5) is 12.3. The van der Waals surface area contributed by atoms with Gasteiger partial charge in [-0.3, -0.25) is 4.79 Å². The highest BCUT2D eigenvalue weighted by atomic mass is 35.5. The summed E-state index contributed by atoms with van der Waals surface area (Å²) in [7, 11) is 0. The van der Waals surface area contributed by atoms with Gasteiger partial charge < -0.3 is 15.2 Å². The Morgan fingerprint density at radius 1 is 1.25 bits per heavy atom. The number of rotatable bonds is 6. The van der Waals surface area contributed by atoms with E-state index in [9.17, 15) is 9.90 Å². The number of benzene rings is 2. The summed E-state index contributed by atoms with van der Waals surface area (Å²) in [6, 6.07) is 7.29. The third-order valence-electron chi connectivity index (χ3n) is 7.38. The predicted octanol–water partition coefficient (Wildman–Crippen LogP) is 5.55. The molecule has 2 aliphatic rings. The smallest absolute Gasteiger partial charge is 0.321 e. The molecule has 2 N–H and O–H groups in total. The Labute approximate surface area is 195 Å². The van der Waals surface area contributed by atoms with Gasteiger partial charge in [0.1, 0.15) is 17.7 Å². The summed E-state index contributed by atoms with van der Waals surface area (Å²) >= 11 is 12.1. The first-order chi connectivity index (χ1) is 15.1. The van der Waals surface area contributed by atoms with E-state index < -0.39 is 41.0 Å². The quantitative estimate of drug-likeness (QED) is 0.564. The maximum absolute atomic E-state index is 15.3. The van der Waals surface area contributed by atoms with Crippen molar-refractivity contribution < 1.29 is 23.4 Å². The van der Waals surface area contributed by atoms with Crippen LogP contribution in [0.4, 0.5) is 8.78 Å². The second-order valence-corrected chi connectivity index (χ2v) is 9.96. The zero-order valence-corrected chi connectivity index (χ0v) is 19.3. The number of aliphatic carboxylic acids is 1. The molecule has 172 valence electrons. The average Bonchev–Trinajstić information content (AvgIpc) is 3.00. The molecule has 0 spiro atoms. The fourth-order valence-electron chi connectivity index (χ4n) is 5.37. The number of halogens is 4. The zero-order valence-electron chi connectivity index (χ0n) is 17.8. The Kier molecular flexibility index (Phi) is 6.27. The van der Waals surface area contributed by atoms with Gasteiger partial charge in [0.15, 0.2) is 0 Å². The van der Waals surface area contributed by atoms with Gasteiger partial charge in [-0.25, -0.2) is 8.78 Å². The zero-order chi connectivity index (χ0) is 23.3. The van der Waals surface area contributed by atoms with E-state index in [2.05, 4.69) is 12.2 Å². The van der Waals surface area contributed by atoms with Crippen LogP contribution >= 0.6 is 23.2 Å². The minimum Gasteiger partial charge on any atom is -0.480 e. The maximum Gasteiger partial charge on any atom is 0.321 e. The Morgan fingerprint density at radius 2 is 1.97 bits per heavy atom. The van der Waals surface area contributed by atoms with Crippen LogP contribution in [0.1, 0.15) is 43.7 Å². The van der Waals surface area contributed by atoms with E-state index in [-0.39, 0.29) is 21.0 Å². The molecule has 2 aromatic carbocycles. The van der Waals surface area contributed by atoms with Crippen molar-refractivity contribution in [2.45, 2.75) is 50.1 Å². The molecular formula is C24H25Cl2F2NO3. The largest absolute Gasteiger partial charge is 0.480 e. The van der Waals surface area contributed by atoms with E-state index >= 15 is 8.78 Å². The lowest BCUT2D eigenvalue weighted by Gasteiger charge is -2.46. The Bertz CT molecular complexity index is 1040. The molecule has 2 heterocycles. The second kappa shape index (κ2) is 8.56. The summed E-state index contributed by atoms with van der Waals surface area (Å²) in [6.45, 7) is 4.96. The molecule has 2 saturated heterocycles. The van der Waals surface area contributed by atoms with Crippen molar-refractivity contribution in [3.05, 3.63) is 69.2 Å². The van der Waals surface area contributed by atoms with E-state index in [4.69, 9.17) is 27.9 Å². The van der Waals surface area contributed by atoms with Crippen molar-refractivity contribution in [3.8, 4) is 0 Å². The normalized spacial score (nSPS) is 29.0. The van der Waals surface area contributed by atoms with Crippen LogP contribution in [0.2, 0.25) is 10.0 Å². The van der Waals surface area contributed by atoms with E-state index in [0.717, 1.165) is 6.42 Å². The number of nitrogens with one attached hydrogen (secondary N) is 1. The van der Waals surface area contributed by atoms with Crippen molar-refractivity contribution in [2.75, 3.05) is 13.2 Å². The first kappa shape index (κ1) is 23.4. The van der Waals surface area contributed by atoms with Gasteiger partial charge in [-0.05, 0) is 42.2 Å². The van der Waals surface area contributed by atoms with Crippen LogP contribution < -0.4 is 5.32 Å². The molecular weight excluding hydrogens is 459 g/mol. The van der Waals surface area contributed by atoms with Crippen LogP contribution in [0.3, 0.4) is 0 Å². The number of hydrogen-bond donors (Lipinski definition) is 2. The van der Waals surface area contributed by atoms with Crippen LogP contribution in [0, 0.1) is 17.0 Å². The number of hydrogen-bond acceptors (Lipinski definition) is 3. The maximum atomic E-state index is 15.3. The molecule has 4 atom stereocenters. The lowest BCUT2D eigenvalue weighted by Crippen LogP contribution is -2.51. The number of carboxylic acid groups (broad SMARTS) is 1. The van der Waals surface area contributed by atoms with E-state index in [1.165, 1.54) is 18.2 Å². The van der Waals surface area contributed by atoms with Crippen LogP contribution in [-0.2, 0) is 14.9 Å². The second-order valence-electron chi connectivity index (χ2n) is 9.11. The highest BCUT2D eigenvalue weighted by Gasteiger charge is 2.59.